The minimum absolute atomic E-state index is 0.00750. The van der Waals surface area contributed by atoms with E-state index in [2.05, 4.69) is 13.8 Å². The van der Waals surface area contributed by atoms with E-state index in [-0.39, 0.29) is 11.5 Å². The third kappa shape index (κ3) is 6.66. The number of hydrogen-bond donors (Lipinski definition) is 0. The van der Waals surface area contributed by atoms with Gasteiger partial charge < -0.3 is 4.74 Å². The van der Waals surface area contributed by atoms with Crippen molar-refractivity contribution in [2.24, 2.45) is 0 Å². The minimum Gasteiger partial charge on any atom is -0.494 e. The lowest BCUT2D eigenvalue weighted by Gasteiger charge is -2.27. The number of benzene rings is 2. The Balaban J connectivity index is 1.80. The fourth-order valence-electron chi connectivity index (χ4n) is 4.93. The number of carbonyl (C=O) groups excluding carboxylic acids is 2. The van der Waals surface area contributed by atoms with Crippen LogP contribution >= 0.6 is 0 Å². The van der Waals surface area contributed by atoms with Crippen LogP contribution in [0.3, 0.4) is 0 Å². The summed E-state index contributed by atoms with van der Waals surface area (Å²) in [5.41, 5.74) is 4.93. The summed E-state index contributed by atoms with van der Waals surface area (Å²) >= 11 is 0. The molecule has 7 heteroatoms. The highest BCUT2D eigenvalue weighted by Crippen LogP contribution is 2.33. The van der Waals surface area contributed by atoms with Gasteiger partial charge in [0.1, 0.15) is 23.1 Å². The Kier molecular flexibility index (Phi) is 9.91. The molecule has 0 fully saturated rings. The second-order valence-electron chi connectivity index (χ2n) is 10.4. The smallest absolute Gasteiger partial charge is 0.271 e. The SMILES string of the molecule is CCCCCCN1C(=O)C(C#N)=C(C)/C(=C\c2cn(-c3ccccc3)nc2-c2ccc(OCCCC)cc2C)C1=O. The van der Waals surface area contributed by atoms with Crippen LogP contribution in [0.15, 0.2) is 71.4 Å². The summed E-state index contributed by atoms with van der Waals surface area (Å²) in [6.07, 6.45) is 9.42. The zero-order chi connectivity index (χ0) is 29.4. The van der Waals surface area contributed by atoms with Crippen molar-refractivity contribution in [3.8, 4) is 28.8 Å². The molecule has 0 saturated heterocycles. The van der Waals surface area contributed by atoms with Crippen molar-refractivity contribution in [2.45, 2.75) is 66.2 Å². The maximum atomic E-state index is 13.7. The standard InChI is InChI=1S/C34H38N4O3/c1-5-7-9-13-18-37-33(39)30(25(4)31(22-35)34(37)40)21-26-23-38(27-14-11-10-12-15-27)36-32(26)29-17-16-28(20-24(29)3)41-19-8-6-2/h10-12,14-17,20-21,23H,5-9,13,18-19H2,1-4H3/b30-21+. The zero-order valence-corrected chi connectivity index (χ0v) is 24.4. The summed E-state index contributed by atoms with van der Waals surface area (Å²) in [6.45, 7) is 8.89. The Morgan fingerprint density at radius 3 is 2.39 bits per heavy atom. The third-order valence-electron chi connectivity index (χ3n) is 7.34. The number of rotatable bonds is 12. The van der Waals surface area contributed by atoms with Gasteiger partial charge in [0.25, 0.3) is 11.8 Å². The second kappa shape index (κ2) is 13.8. The number of ether oxygens (including phenoxy) is 1. The van der Waals surface area contributed by atoms with Crippen LogP contribution < -0.4 is 4.74 Å². The molecule has 0 bridgehead atoms. The molecule has 1 aliphatic rings. The maximum Gasteiger partial charge on any atom is 0.271 e. The predicted molar refractivity (Wildman–Crippen MR) is 161 cm³/mol. The molecule has 2 heterocycles. The van der Waals surface area contributed by atoms with E-state index < -0.39 is 5.91 Å². The summed E-state index contributed by atoms with van der Waals surface area (Å²) < 4.78 is 7.70. The first-order valence-electron chi connectivity index (χ1n) is 14.5. The van der Waals surface area contributed by atoms with Gasteiger partial charge in [0, 0.05) is 29.4 Å². The van der Waals surface area contributed by atoms with Gasteiger partial charge in [-0.25, -0.2) is 4.68 Å². The number of hydrogen-bond acceptors (Lipinski definition) is 5. The predicted octanol–water partition coefficient (Wildman–Crippen LogP) is 7.20. The van der Waals surface area contributed by atoms with E-state index >= 15 is 0 Å². The molecule has 212 valence electrons. The highest BCUT2D eigenvalue weighted by molar-refractivity contribution is 6.19. The van der Waals surface area contributed by atoms with E-state index in [1.165, 1.54) is 4.90 Å². The van der Waals surface area contributed by atoms with Crippen LogP contribution in [0.1, 0.15) is 70.4 Å². The summed E-state index contributed by atoms with van der Waals surface area (Å²) in [7, 11) is 0. The highest BCUT2D eigenvalue weighted by Gasteiger charge is 2.35. The number of carbonyl (C=O) groups is 2. The fourth-order valence-corrected chi connectivity index (χ4v) is 4.93. The molecule has 0 spiro atoms. The number of aryl methyl sites for hydroxylation is 1. The monoisotopic (exact) mass is 550 g/mol. The van der Waals surface area contributed by atoms with Crippen molar-refractivity contribution >= 4 is 17.9 Å². The van der Waals surface area contributed by atoms with E-state index in [0.717, 1.165) is 60.2 Å². The molecule has 1 aromatic heterocycles. The van der Waals surface area contributed by atoms with Gasteiger partial charge in [0.15, 0.2) is 0 Å². The Hall–Kier alpha value is -4.44. The highest BCUT2D eigenvalue weighted by atomic mass is 16.5. The molecular weight excluding hydrogens is 512 g/mol. The first-order chi connectivity index (χ1) is 19.9. The molecule has 4 rings (SSSR count). The largest absolute Gasteiger partial charge is 0.494 e. The zero-order valence-electron chi connectivity index (χ0n) is 24.4. The summed E-state index contributed by atoms with van der Waals surface area (Å²) in [5, 5.41) is 14.8. The van der Waals surface area contributed by atoms with E-state index in [9.17, 15) is 14.9 Å². The molecule has 41 heavy (non-hydrogen) atoms. The van der Waals surface area contributed by atoms with Crippen LogP contribution in [0, 0.1) is 18.3 Å². The molecule has 0 N–H and O–H groups in total. The molecule has 0 radical (unpaired) electrons. The third-order valence-corrected chi connectivity index (χ3v) is 7.34. The van der Waals surface area contributed by atoms with Crippen LogP contribution in [-0.2, 0) is 9.59 Å². The van der Waals surface area contributed by atoms with E-state index in [1.807, 2.05) is 67.7 Å². The first-order valence-corrected chi connectivity index (χ1v) is 14.5. The van der Waals surface area contributed by atoms with Crippen LogP contribution in [0.4, 0.5) is 0 Å². The number of nitrogens with zero attached hydrogens (tertiary/aromatic N) is 4. The van der Waals surface area contributed by atoms with Gasteiger partial charge in [-0.15, -0.1) is 0 Å². The second-order valence-corrected chi connectivity index (χ2v) is 10.4. The summed E-state index contributed by atoms with van der Waals surface area (Å²) in [4.78, 5) is 28.0. The number of amides is 2. The van der Waals surface area contributed by atoms with Gasteiger partial charge in [-0.3, -0.25) is 14.5 Å². The first kappa shape index (κ1) is 29.5. The molecular formula is C34H38N4O3. The molecule has 0 unspecified atom stereocenters. The molecule has 2 amide bonds. The van der Waals surface area contributed by atoms with Gasteiger partial charge >= 0.3 is 0 Å². The summed E-state index contributed by atoms with van der Waals surface area (Å²) in [6, 6.07) is 17.8. The fraction of sp³-hybridized carbons (Fsp3) is 0.353. The van der Waals surface area contributed by atoms with Crippen molar-refractivity contribution in [1.82, 2.24) is 14.7 Å². The van der Waals surface area contributed by atoms with E-state index in [0.29, 0.717) is 36.4 Å². The van der Waals surface area contributed by atoms with E-state index in [4.69, 9.17) is 9.84 Å². The van der Waals surface area contributed by atoms with Crippen molar-refractivity contribution in [3.05, 3.63) is 82.6 Å². The van der Waals surface area contributed by atoms with Crippen LogP contribution in [-0.4, -0.2) is 39.6 Å². The van der Waals surface area contributed by atoms with Gasteiger partial charge in [0.05, 0.1) is 12.3 Å². The minimum atomic E-state index is -0.515. The molecule has 0 aliphatic carbocycles. The maximum absolute atomic E-state index is 13.7. The van der Waals surface area contributed by atoms with Crippen molar-refractivity contribution < 1.29 is 14.3 Å². The average molecular weight is 551 g/mol. The Labute approximate surface area is 242 Å². The topological polar surface area (TPSA) is 88.2 Å². The van der Waals surface area contributed by atoms with Gasteiger partial charge in [-0.05, 0) is 74.2 Å². The number of para-hydroxylation sites is 1. The normalized spacial score (nSPS) is 14.6. The van der Waals surface area contributed by atoms with Gasteiger partial charge in [0.2, 0.25) is 0 Å². The number of aromatic nitrogens is 2. The number of nitriles is 1. The Morgan fingerprint density at radius 2 is 1.71 bits per heavy atom. The summed E-state index contributed by atoms with van der Waals surface area (Å²) in [5.74, 6) is -0.0876. The molecule has 0 atom stereocenters. The average Bonchev–Trinajstić information content (AvgIpc) is 3.39. The molecule has 2 aromatic carbocycles. The Morgan fingerprint density at radius 1 is 0.951 bits per heavy atom. The van der Waals surface area contributed by atoms with Gasteiger partial charge in [-0.2, -0.15) is 10.4 Å². The molecule has 7 nitrogen and oxygen atoms in total. The lowest BCUT2D eigenvalue weighted by atomic mass is 9.92. The van der Waals surface area contributed by atoms with Crippen LogP contribution in [0.2, 0.25) is 0 Å². The van der Waals surface area contributed by atoms with Crippen molar-refractivity contribution in [3.63, 3.8) is 0 Å². The molecule has 3 aromatic rings. The molecule has 1 aliphatic heterocycles. The van der Waals surface area contributed by atoms with Crippen molar-refractivity contribution in [2.75, 3.05) is 13.2 Å². The van der Waals surface area contributed by atoms with E-state index in [1.54, 1.807) is 17.7 Å². The number of imide groups is 1. The van der Waals surface area contributed by atoms with Crippen LogP contribution in [0.25, 0.3) is 23.0 Å². The molecule has 0 saturated carbocycles. The lowest BCUT2D eigenvalue weighted by molar-refractivity contribution is -0.140. The van der Waals surface area contributed by atoms with Crippen LogP contribution in [0.5, 0.6) is 5.75 Å². The van der Waals surface area contributed by atoms with Gasteiger partial charge in [-0.1, -0.05) is 57.7 Å². The number of unbranched alkanes of at least 4 members (excludes halogenated alkanes) is 4. The quantitative estimate of drug-likeness (QED) is 0.135. The van der Waals surface area contributed by atoms with Crippen molar-refractivity contribution in [1.29, 1.82) is 5.26 Å². The Bertz CT molecular complexity index is 1510. The lowest BCUT2D eigenvalue weighted by Crippen LogP contribution is -2.43.